The molecular formula is C50H100O6. The summed E-state index contributed by atoms with van der Waals surface area (Å²) in [6.07, 6.45) is 48.3. The van der Waals surface area contributed by atoms with Gasteiger partial charge in [0.2, 0.25) is 0 Å². The van der Waals surface area contributed by atoms with Gasteiger partial charge in [-0.2, -0.15) is 0 Å². The van der Waals surface area contributed by atoms with Crippen molar-refractivity contribution in [2.75, 3.05) is 39.6 Å². The highest BCUT2D eigenvalue weighted by atomic mass is 16.3. The standard InChI is InChI=1S/C50H100O6/c51-42-36-48(37-43-52)34-32-30-28-26-24-22-20-18-16-14-12-10-8-6-4-2-1-3-5-7-9-11-13-15-17-19-21-23-25-27-29-31-33-35-49(38-44-53,39-45-54)50(48,40-46-55)41-47-56/h51-56H,1-47H2. The zero-order valence-electron chi connectivity index (χ0n) is 37.4. The fourth-order valence-electron chi connectivity index (χ4n) is 11.6. The number of rotatable bonds is 12. The summed E-state index contributed by atoms with van der Waals surface area (Å²) in [6, 6.07) is 0. The van der Waals surface area contributed by atoms with E-state index >= 15 is 0 Å². The van der Waals surface area contributed by atoms with Crippen LogP contribution in [0.4, 0.5) is 0 Å². The third-order valence-corrected chi connectivity index (χ3v) is 14.8. The molecule has 0 unspecified atom stereocenters. The van der Waals surface area contributed by atoms with Crippen molar-refractivity contribution in [3.05, 3.63) is 0 Å². The Bertz CT molecular complexity index is 728. The van der Waals surface area contributed by atoms with Crippen molar-refractivity contribution in [2.24, 2.45) is 16.2 Å². The molecule has 6 nitrogen and oxygen atoms in total. The number of hydrogen-bond donors (Lipinski definition) is 6. The first-order chi connectivity index (χ1) is 27.6. The molecule has 0 radical (unpaired) electrons. The van der Waals surface area contributed by atoms with E-state index in [0.717, 1.165) is 38.5 Å². The molecule has 1 fully saturated rings. The third kappa shape index (κ3) is 22.4. The van der Waals surface area contributed by atoms with Crippen molar-refractivity contribution < 1.29 is 30.6 Å². The lowest BCUT2D eigenvalue weighted by Crippen LogP contribution is -2.56. The zero-order chi connectivity index (χ0) is 40.7. The molecular weight excluding hydrogens is 697 g/mol. The molecule has 0 aromatic rings. The highest BCUT2D eigenvalue weighted by Crippen LogP contribution is 2.65. The van der Waals surface area contributed by atoms with E-state index < -0.39 is 16.2 Å². The van der Waals surface area contributed by atoms with Crippen LogP contribution in [0, 0.1) is 16.2 Å². The van der Waals surface area contributed by atoms with Crippen molar-refractivity contribution in [3.8, 4) is 0 Å². The van der Waals surface area contributed by atoms with Crippen LogP contribution in [0.1, 0.15) is 263 Å². The molecule has 1 saturated carbocycles. The van der Waals surface area contributed by atoms with Crippen LogP contribution >= 0.6 is 0 Å². The van der Waals surface area contributed by atoms with E-state index in [9.17, 15) is 30.6 Å². The Labute approximate surface area is 348 Å². The van der Waals surface area contributed by atoms with Gasteiger partial charge in [0, 0.05) is 39.6 Å². The van der Waals surface area contributed by atoms with E-state index in [1.165, 1.54) is 186 Å². The van der Waals surface area contributed by atoms with Gasteiger partial charge in [-0.3, -0.25) is 0 Å². The van der Waals surface area contributed by atoms with Gasteiger partial charge < -0.3 is 30.6 Å². The van der Waals surface area contributed by atoms with Crippen LogP contribution in [0.25, 0.3) is 0 Å². The lowest BCUT2D eigenvalue weighted by atomic mass is 9.42. The molecule has 0 saturated heterocycles. The molecule has 0 aromatic heterocycles. The van der Waals surface area contributed by atoms with Crippen LogP contribution in [-0.2, 0) is 0 Å². The van der Waals surface area contributed by atoms with Gasteiger partial charge in [-0.1, -0.05) is 212 Å². The Balaban J connectivity index is 2.97. The molecule has 0 amide bonds. The first-order valence-electron chi connectivity index (χ1n) is 25.2. The summed E-state index contributed by atoms with van der Waals surface area (Å²) in [6.45, 7) is -0.200. The highest BCUT2D eigenvalue weighted by Gasteiger charge is 2.59. The van der Waals surface area contributed by atoms with Crippen molar-refractivity contribution in [3.63, 3.8) is 0 Å². The van der Waals surface area contributed by atoms with E-state index in [-0.39, 0.29) is 39.6 Å². The number of hydrogen-bond acceptors (Lipinski definition) is 6. The Morgan fingerprint density at radius 1 is 0.196 bits per heavy atom. The summed E-state index contributed by atoms with van der Waals surface area (Å²) in [7, 11) is 0. The summed E-state index contributed by atoms with van der Waals surface area (Å²) in [5.41, 5.74) is -1.66. The zero-order valence-corrected chi connectivity index (χ0v) is 37.4. The molecule has 6 heteroatoms. The van der Waals surface area contributed by atoms with E-state index in [0.29, 0.717) is 38.5 Å². The Hall–Kier alpha value is -0.240. The molecule has 0 bridgehead atoms. The van der Waals surface area contributed by atoms with Gasteiger partial charge in [-0.05, 0) is 67.6 Å². The molecule has 6 N–H and O–H groups in total. The largest absolute Gasteiger partial charge is 0.396 e. The van der Waals surface area contributed by atoms with Crippen LogP contribution in [0.2, 0.25) is 0 Å². The third-order valence-electron chi connectivity index (χ3n) is 14.8. The van der Waals surface area contributed by atoms with E-state index in [1.807, 2.05) is 0 Å². The second kappa shape index (κ2) is 37.7. The summed E-state index contributed by atoms with van der Waals surface area (Å²) < 4.78 is 0. The minimum atomic E-state index is -0.630. The fourth-order valence-corrected chi connectivity index (χ4v) is 11.6. The average molecular weight is 797 g/mol. The van der Waals surface area contributed by atoms with Gasteiger partial charge in [0.25, 0.3) is 0 Å². The van der Waals surface area contributed by atoms with Crippen molar-refractivity contribution in [1.82, 2.24) is 0 Å². The second-order valence-electron chi connectivity index (χ2n) is 18.7. The molecule has 336 valence electrons. The van der Waals surface area contributed by atoms with Gasteiger partial charge in [0.15, 0.2) is 0 Å². The molecule has 1 rings (SSSR count). The number of aliphatic hydroxyl groups is 6. The van der Waals surface area contributed by atoms with Crippen LogP contribution in [0.3, 0.4) is 0 Å². The molecule has 0 aromatic carbocycles. The molecule has 1 aliphatic rings. The van der Waals surface area contributed by atoms with Gasteiger partial charge in [0.1, 0.15) is 0 Å². The Morgan fingerprint density at radius 3 is 0.482 bits per heavy atom. The maximum atomic E-state index is 10.7. The predicted octanol–water partition coefficient (Wildman–Crippen LogP) is 12.9. The maximum absolute atomic E-state index is 10.7. The monoisotopic (exact) mass is 797 g/mol. The van der Waals surface area contributed by atoms with Crippen LogP contribution in [0.15, 0.2) is 0 Å². The quantitative estimate of drug-likeness (QED) is 0.117. The SMILES string of the molecule is OCCC1(CCO)CCCCCCCCCCCCCCCCCCCCCCCCCCCCCCCCCCCC(CCO)(CCO)C1(CCO)CCO. The Morgan fingerprint density at radius 2 is 0.339 bits per heavy atom. The topological polar surface area (TPSA) is 121 Å². The molecule has 1 aliphatic carbocycles. The normalized spacial score (nSPS) is 23.0. The van der Waals surface area contributed by atoms with Crippen LogP contribution < -0.4 is 0 Å². The lowest BCUT2D eigenvalue weighted by Gasteiger charge is -2.62. The maximum Gasteiger partial charge on any atom is 0.0436 e. The second-order valence-corrected chi connectivity index (χ2v) is 18.7. The van der Waals surface area contributed by atoms with Crippen molar-refractivity contribution >= 4 is 0 Å². The summed E-state index contributed by atoms with van der Waals surface area (Å²) in [4.78, 5) is 0. The van der Waals surface area contributed by atoms with Gasteiger partial charge >= 0.3 is 0 Å². The molecule has 0 aliphatic heterocycles. The van der Waals surface area contributed by atoms with E-state index in [4.69, 9.17) is 0 Å². The van der Waals surface area contributed by atoms with Crippen molar-refractivity contribution in [2.45, 2.75) is 263 Å². The fraction of sp³-hybridized carbons (Fsp3) is 1.00. The summed E-state index contributed by atoms with van der Waals surface area (Å²) in [5, 5.41) is 63.8. The first-order valence-corrected chi connectivity index (χ1v) is 25.2. The first kappa shape index (κ1) is 53.8. The average Bonchev–Trinajstić information content (AvgIpc) is 3.19. The van der Waals surface area contributed by atoms with Gasteiger partial charge in [0.05, 0.1) is 0 Å². The molecule has 0 atom stereocenters. The predicted molar refractivity (Wildman–Crippen MR) is 239 cm³/mol. The Kier molecular flexibility index (Phi) is 36.2. The minimum Gasteiger partial charge on any atom is -0.396 e. The minimum absolute atomic E-state index is 0.0209. The molecule has 0 heterocycles. The van der Waals surface area contributed by atoms with E-state index in [1.54, 1.807) is 0 Å². The smallest absolute Gasteiger partial charge is 0.0436 e. The number of aliphatic hydroxyl groups excluding tert-OH is 6. The lowest BCUT2D eigenvalue weighted by molar-refractivity contribution is -0.159. The molecule has 0 spiro atoms. The van der Waals surface area contributed by atoms with Crippen LogP contribution in [-0.4, -0.2) is 70.3 Å². The van der Waals surface area contributed by atoms with Crippen molar-refractivity contribution in [1.29, 1.82) is 0 Å². The summed E-state index contributed by atoms with van der Waals surface area (Å²) in [5.74, 6) is 0. The molecule has 56 heavy (non-hydrogen) atoms. The van der Waals surface area contributed by atoms with Gasteiger partial charge in [-0.25, -0.2) is 0 Å². The van der Waals surface area contributed by atoms with Gasteiger partial charge in [-0.15, -0.1) is 0 Å². The highest BCUT2D eigenvalue weighted by molar-refractivity contribution is 5.08. The van der Waals surface area contributed by atoms with Crippen LogP contribution in [0.5, 0.6) is 0 Å². The summed E-state index contributed by atoms with van der Waals surface area (Å²) >= 11 is 0. The van der Waals surface area contributed by atoms with E-state index in [2.05, 4.69) is 0 Å².